The number of benzene rings is 2. The van der Waals surface area contributed by atoms with E-state index in [1.165, 1.54) is 30.2 Å². The quantitative estimate of drug-likeness (QED) is 0.345. The van der Waals surface area contributed by atoms with Crippen LogP contribution in [0.3, 0.4) is 0 Å². The van der Waals surface area contributed by atoms with E-state index in [-0.39, 0.29) is 28.8 Å². The van der Waals surface area contributed by atoms with Crippen molar-refractivity contribution in [3.05, 3.63) is 95.3 Å². The van der Waals surface area contributed by atoms with Crippen molar-refractivity contribution in [3.63, 3.8) is 0 Å². The molecule has 2 aromatic carbocycles. The molecule has 36 heavy (non-hydrogen) atoms. The number of para-hydroxylation sites is 1. The van der Waals surface area contributed by atoms with Crippen molar-refractivity contribution >= 4 is 26.9 Å². The van der Waals surface area contributed by atoms with E-state index in [2.05, 4.69) is 14.7 Å². The lowest BCUT2D eigenvalue weighted by molar-refractivity contribution is 0.384. The Morgan fingerprint density at radius 1 is 1.06 bits per heavy atom. The number of nitrogens with one attached hydrogen (secondary N) is 1. The van der Waals surface area contributed by atoms with Crippen LogP contribution >= 0.6 is 0 Å². The Balaban J connectivity index is 1.59. The van der Waals surface area contributed by atoms with Gasteiger partial charge in [-0.15, -0.1) is 0 Å². The molecule has 3 aromatic heterocycles. The van der Waals surface area contributed by atoms with Crippen LogP contribution in [0, 0.1) is 0 Å². The summed E-state index contributed by atoms with van der Waals surface area (Å²) in [6.45, 7) is -0.0369. The number of hydrogen-bond acceptors (Lipinski definition) is 8. The summed E-state index contributed by atoms with van der Waals surface area (Å²) in [4.78, 5) is 21.8. The lowest BCUT2D eigenvalue weighted by Gasteiger charge is -2.13. The maximum atomic E-state index is 13.4. The second kappa shape index (κ2) is 9.29. The molecule has 0 saturated heterocycles. The van der Waals surface area contributed by atoms with Gasteiger partial charge in [0.2, 0.25) is 21.9 Å². The molecule has 0 bridgehead atoms. The molecular formula is C25H21N5O5S. The lowest BCUT2D eigenvalue weighted by Crippen LogP contribution is -2.24. The van der Waals surface area contributed by atoms with Crippen LogP contribution in [0.5, 0.6) is 5.88 Å². The molecular weight excluding hydrogens is 482 g/mol. The topological polar surface area (TPSA) is 142 Å². The Hall–Kier alpha value is -4.48. The Kier molecular flexibility index (Phi) is 6.00. The molecule has 11 heteroatoms. The van der Waals surface area contributed by atoms with Gasteiger partial charge >= 0.3 is 0 Å². The number of nitrogens with two attached hydrogens (primary N) is 1. The molecule has 5 rings (SSSR count). The van der Waals surface area contributed by atoms with Crippen LogP contribution in [0.25, 0.3) is 27.7 Å². The maximum Gasteiger partial charge on any atom is 0.267 e. The van der Waals surface area contributed by atoms with Crippen LogP contribution in [0.4, 0.5) is 5.95 Å². The summed E-state index contributed by atoms with van der Waals surface area (Å²) < 4.78 is 40.3. The fraction of sp³-hybridized carbons (Fsp3) is 0.0800. The van der Waals surface area contributed by atoms with E-state index in [1.807, 2.05) is 6.07 Å². The van der Waals surface area contributed by atoms with Crippen LogP contribution in [0.1, 0.15) is 5.76 Å². The predicted molar refractivity (Wildman–Crippen MR) is 134 cm³/mol. The summed E-state index contributed by atoms with van der Waals surface area (Å²) in [5.74, 6) is 0.457. The minimum Gasteiger partial charge on any atom is -0.480 e. The van der Waals surface area contributed by atoms with Gasteiger partial charge in [0.05, 0.1) is 36.5 Å². The molecule has 0 saturated carbocycles. The first-order valence-corrected chi connectivity index (χ1v) is 12.3. The summed E-state index contributed by atoms with van der Waals surface area (Å²) in [7, 11) is -2.66. The fourth-order valence-corrected chi connectivity index (χ4v) is 4.94. The zero-order valence-electron chi connectivity index (χ0n) is 19.1. The van der Waals surface area contributed by atoms with Gasteiger partial charge in [0, 0.05) is 11.8 Å². The molecule has 0 aliphatic carbocycles. The molecule has 0 spiro atoms. The first-order chi connectivity index (χ1) is 17.4. The normalized spacial score (nSPS) is 11.6. The molecule has 0 aliphatic heterocycles. The van der Waals surface area contributed by atoms with Crippen LogP contribution in [-0.4, -0.2) is 30.1 Å². The first-order valence-electron chi connectivity index (χ1n) is 10.8. The van der Waals surface area contributed by atoms with Crippen molar-refractivity contribution in [2.24, 2.45) is 0 Å². The van der Waals surface area contributed by atoms with Gasteiger partial charge in [0.25, 0.3) is 5.56 Å². The zero-order valence-corrected chi connectivity index (χ0v) is 19.9. The van der Waals surface area contributed by atoms with Crippen molar-refractivity contribution in [2.45, 2.75) is 11.4 Å². The van der Waals surface area contributed by atoms with Gasteiger partial charge in [-0.3, -0.25) is 4.79 Å². The SMILES string of the molecule is COc1ncc(-c2ccc3nc(N)n(-c4ccccc4)c(=O)c3c2)cc1S(=O)(=O)NCc1ccco1. The third-order valence-electron chi connectivity index (χ3n) is 5.56. The number of methoxy groups -OCH3 is 1. The number of ether oxygens (including phenoxy) is 1. The van der Waals surface area contributed by atoms with E-state index in [4.69, 9.17) is 14.9 Å². The number of aromatic nitrogens is 3. The average molecular weight is 504 g/mol. The van der Waals surface area contributed by atoms with Crippen molar-refractivity contribution < 1.29 is 17.6 Å². The molecule has 5 aromatic rings. The summed E-state index contributed by atoms with van der Waals surface area (Å²) in [6.07, 6.45) is 2.94. The standard InChI is InChI=1S/C25H21N5O5S/c1-34-23-22(36(32,33)28-15-19-8-5-11-35-19)13-17(14-27-23)16-9-10-21-20(12-16)24(31)30(25(26)29-21)18-6-3-2-4-7-18/h2-14,28H,15H2,1H3,(H2,26,29). The second-order valence-corrected chi connectivity index (χ2v) is 9.55. The monoisotopic (exact) mass is 503 g/mol. The highest BCUT2D eigenvalue weighted by atomic mass is 32.2. The van der Waals surface area contributed by atoms with Crippen LogP contribution in [-0.2, 0) is 16.6 Å². The van der Waals surface area contributed by atoms with Crippen LogP contribution in [0.15, 0.2) is 93.3 Å². The van der Waals surface area contributed by atoms with Crippen molar-refractivity contribution in [2.75, 3.05) is 12.8 Å². The minimum atomic E-state index is -4.00. The molecule has 182 valence electrons. The van der Waals surface area contributed by atoms with E-state index in [1.54, 1.807) is 54.6 Å². The van der Waals surface area contributed by atoms with Gasteiger partial charge in [0.1, 0.15) is 10.7 Å². The number of sulfonamides is 1. The average Bonchev–Trinajstić information content (AvgIpc) is 3.42. The second-order valence-electron chi connectivity index (χ2n) is 7.81. The summed E-state index contributed by atoms with van der Waals surface area (Å²) >= 11 is 0. The van der Waals surface area contributed by atoms with Crippen molar-refractivity contribution in [1.82, 2.24) is 19.3 Å². The molecule has 0 fully saturated rings. The van der Waals surface area contributed by atoms with Crippen LogP contribution in [0.2, 0.25) is 0 Å². The molecule has 0 radical (unpaired) electrons. The molecule has 0 atom stereocenters. The molecule has 3 heterocycles. The molecule has 10 nitrogen and oxygen atoms in total. The Morgan fingerprint density at radius 2 is 1.86 bits per heavy atom. The van der Waals surface area contributed by atoms with E-state index < -0.39 is 10.0 Å². The summed E-state index contributed by atoms with van der Waals surface area (Å²) in [5, 5.41) is 0.321. The first kappa shape index (κ1) is 23.3. The number of pyridine rings is 1. The largest absolute Gasteiger partial charge is 0.480 e. The highest BCUT2D eigenvalue weighted by Gasteiger charge is 2.22. The van der Waals surface area contributed by atoms with Gasteiger partial charge in [0.15, 0.2) is 0 Å². The van der Waals surface area contributed by atoms with Crippen molar-refractivity contribution in [1.29, 1.82) is 0 Å². The van der Waals surface area contributed by atoms with Crippen molar-refractivity contribution in [3.8, 4) is 22.7 Å². The van der Waals surface area contributed by atoms with Gasteiger partial charge < -0.3 is 14.9 Å². The molecule has 0 aliphatic rings. The highest BCUT2D eigenvalue weighted by molar-refractivity contribution is 7.89. The number of anilines is 1. The number of fused-ring (bicyclic) bond motifs is 1. The molecule has 0 amide bonds. The van der Waals surface area contributed by atoms with Gasteiger partial charge in [-0.1, -0.05) is 24.3 Å². The zero-order chi connectivity index (χ0) is 25.3. The highest BCUT2D eigenvalue weighted by Crippen LogP contribution is 2.29. The third kappa shape index (κ3) is 4.32. The Labute approximate surface area is 206 Å². The van der Waals surface area contributed by atoms with Gasteiger partial charge in [-0.2, -0.15) is 0 Å². The summed E-state index contributed by atoms with van der Waals surface area (Å²) in [5.41, 5.74) is 7.78. The predicted octanol–water partition coefficient (Wildman–Crippen LogP) is 3.11. The Morgan fingerprint density at radius 3 is 2.58 bits per heavy atom. The molecule has 0 unspecified atom stereocenters. The smallest absolute Gasteiger partial charge is 0.267 e. The number of rotatable bonds is 7. The number of nitrogens with zero attached hydrogens (tertiary/aromatic N) is 3. The number of hydrogen-bond donors (Lipinski definition) is 2. The maximum absolute atomic E-state index is 13.4. The summed E-state index contributed by atoms with van der Waals surface area (Å²) in [6, 6.07) is 18.7. The Bertz CT molecular complexity index is 1720. The minimum absolute atomic E-state index is 0.0369. The number of nitrogen functional groups attached to an aromatic ring is 1. The van der Waals surface area contributed by atoms with Crippen LogP contribution < -0.4 is 20.8 Å². The van der Waals surface area contributed by atoms with E-state index >= 15 is 0 Å². The van der Waals surface area contributed by atoms with E-state index in [9.17, 15) is 13.2 Å². The number of furan rings is 1. The fourth-order valence-electron chi connectivity index (χ4n) is 3.80. The van der Waals surface area contributed by atoms with E-state index in [0.29, 0.717) is 33.5 Å². The third-order valence-corrected chi connectivity index (χ3v) is 6.96. The lowest BCUT2D eigenvalue weighted by atomic mass is 10.1. The molecule has 3 N–H and O–H groups in total. The van der Waals surface area contributed by atoms with E-state index in [0.717, 1.165) is 0 Å². The van der Waals surface area contributed by atoms with Gasteiger partial charge in [-0.25, -0.2) is 27.7 Å². The van der Waals surface area contributed by atoms with Gasteiger partial charge in [-0.05, 0) is 48.0 Å².